The van der Waals surface area contributed by atoms with E-state index in [2.05, 4.69) is 4.98 Å². The molecule has 4 nitrogen and oxygen atoms in total. The Morgan fingerprint density at radius 2 is 2.40 bits per heavy atom. The van der Waals surface area contributed by atoms with Crippen molar-refractivity contribution in [3.8, 4) is 0 Å². The third kappa shape index (κ3) is 1.05. The highest BCUT2D eigenvalue weighted by Crippen LogP contribution is 2.28. The molecule has 0 aliphatic carbocycles. The number of para-hydroxylation sites is 1. The zero-order chi connectivity index (χ0) is 10.4. The summed E-state index contributed by atoms with van der Waals surface area (Å²) in [7, 11) is 0. The molecule has 0 bridgehead atoms. The van der Waals surface area contributed by atoms with Crippen LogP contribution >= 0.6 is 0 Å². The Morgan fingerprint density at radius 1 is 1.53 bits per heavy atom. The molecule has 0 spiro atoms. The molecule has 2 aromatic rings. The summed E-state index contributed by atoms with van der Waals surface area (Å²) in [5, 5.41) is 9.23. The van der Waals surface area contributed by atoms with E-state index in [1.54, 1.807) is 4.57 Å². The van der Waals surface area contributed by atoms with Crippen molar-refractivity contribution in [3.05, 3.63) is 40.3 Å². The summed E-state index contributed by atoms with van der Waals surface area (Å²) in [6, 6.07) is 5.67. The van der Waals surface area contributed by atoms with Gasteiger partial charge < -0.3 is 5.11 Å². The van der Waals surface area contributed by atoms with Crippen LogP contribution in [0.15, 0.2) is 29.2 Å². The lowest BCUT2D eigenvalue weighted by atomic mass is 10.1. The zero-order valence-corrected chi connectivity index (χ0v) is 8.05. The molecule has 76 valence electrons. The van der Waals surface area contributed by atoms with Crippen LogP contribution in [0.25, 0.3) is 11.0 Å². The van der Waals surface area contributed by atoms with E-state index in [-0.39, 0.29) is 18.2 Å². The number of aromatic nitrogens is 2. The summed E-state index contributed by atoms with van der Waals surface area (Å²) < 4.78 is 1.65. The normalized spacial score (nSPS) is 18.6. The predicted molar refractivity (Wildman–Crippen MR) is 55.8 cm³/mol. The van der Waals surface area contributed by atoms with Crippen LogP contribution in [0.4, 0.5) is 0 Å². The summed E-state index contributed by atoms with van der Waals surface area (Å²) in [6.45, 7) is -0.00625. The van der Waals surface area contributed by atoms with Gasteiger partial charge in [0, 0.05) is 0 Å². The van der Waals surface area contributed by atoms with Crippen molar-refractivity contribution in [2.24, 2.45) is 0 Å². The Labute approximate surface area is 85.8 Å². The topological polar surface area (TPSA) is 55.1 Å². The minimum atomic E-state index is -0.133. The predicted octanol–water partition coefficient (Wildman–Crippen LogP) is 0.486. The van der Waals surface area contributed by atoms with E-state index in [1.165, 1.54) is 6.20 Å². The number of aliphatic hydroxyl groups is 1. The zero-order valence-electron chi connectivity index (χ0n) is 8.05. The van der Waals surface area contributed by atoms with E-state index in [1.807, 2.05) is 18.2 Å². The minimum Gasteiger partial charge on any atom is -0.394 e. The van der Waals surface area contributed by atoms with E-state index in [4.69, 9.17) is 0 Å². The Hall–Kier alpha value is -1.68. The van der Waals surface area contributed by atoms with Crippen LogP contribution < -0.4 is 5.56 Å². The first-order valence-corrected chi connectivity index (χ1v) is 4.91. The number of aliphatic hydroxyl groups excluding tert-OH is 1. The van der Waals surface area contributed by atoms with Gasteiger partial charge in [-0.1, -0.05) is 12.1 Å². The van der Waals surface area contributed by atoms with Crippen LogP contribution in [0.1, 0.15) is 11.6 Å². The van der Waals surface area contributed by atoms with Crippen LogP contribution in [-0.4, -0.2) is 21.3 Å². The van der Waals surface area contributed by atoms with E-state index >= 15 is 0 Å². The molecule has 2 heterocycles. The molecule has 15 heavy (non-hydrogen) atoms. The van der Waals surface area contributed by atoms with Gasteiger partial charge in [-0.2, -0.15) is 0 Å². The molecule has 1 aliphatic heterocycles. The smallest absolute Gasteiger partial charge is 0.269 e. The molecule has 0 amide bonds. The lowest BCUT2D eigenvalue weighted by Crippen LogP contribution is -2.24. The largest absolute Gasteiger partial charge is 0.394 e. The molecule has 0 radical (unpaired) electrons. The molecule has 0 saturated heterocycles. The maximum atomic E-state index is 11.7. The monoisotopic (exact) mass is 202 g/mol. The van der Waals surface area contributed by atoms with Crippen molar-refractivity contribution in [1.29, 1.82) is 0 Å². The molecule has 0 saturated carbocycles. The average molecular weight is 202 g/mol. The number of rotatable bonds is 1. The third-order valence-corrected chi connectivity index (χ3v) is 2.92. The van der Waals surface area contributed by atoms with Gasteiger partial charge in [0.25, 0.3) is 5.56 Å². The molecular formula is C11H10N2O2. The average Bonchev–Trinajstić information content (AvgIpc) is 2.64. The van der Waals surface area contributed by atoms with Gasteiger partial charge in [-0.05, 0) is 18.1 Å². The summed E-state index contributed by atoms with van der Waals surface area (Å²) >= 11 is 0. The highest BCUT2D eigenvalue weighted by Gasteiger charge is 2.24. The summed E-state index contributed by atoms with van der Waals surface area (Å²) in [5.41, 5.74) is 2.66. The van der Waals surface area contributed by atoms with Crippen molar-refractivity contribution in [3.63, 3.8) is 0 Å². The molecule has 1 aromatic carbocycles. The maximum Gasteiger partial charge on any atom is 0.269 e. The number of benzene rings is 1. The van der Waals surface area contributed by atoms with Gasteiger partial charge in [0.05, 0.1) is 29.9 Å². The lowest BCUT2D eigenvalue weighted by Gasteiger charge is -2.09. The first-order chi connectivity index (χ1) is 7.31. The third-order valence-electron chi connectivity index (χ3n) is 2.92. The van der Waals surface area contributed by atoms with E-state index in [0.717, 1.165) is 23.0 Å². The van der Waals surface area contributed by atoms with Gasteiger partial charge in [0.15, 0.2) is 0 Å². The van der Waals surface area contributed by atoms with Crippen molar-refractivity contribution in [2.75, 3.05) is 6.61 Å². The SMILES string of the molecule is O=c1cnc2cccc3c2n1[C@H](CO)C3. The van der Waals surface area contributed by atoms with E-state index in [0.29, 0.717) is 0 Å². The van der Waals surface area contributed by atoms with Gasteiger partial charge >= 0.3 is 0 Å². The Kier molecular flexibility index (Phi) is 1.67. The fourth-order valence-corrected chi connectivity index (χ4v) is 2.28. The van der Waals surface area contributed by atoms with E-state index < -0.39 is 0 Å². The van der Waals surface area contributed by atoms with Crippen molar-refractivity contribution in [1.82, 2.24) is 9.55 Å². The van der Waals surface area contributed by atoms with Crippen LogP contribution in [-0.2, 0) is 6.42 Å². The van der Waals surface area contributed by atoms with Crippen LogP contribution in [0.5, 0.6) is 0 Å². The highest BCUT2D eigenvalue weighted by molar-refractivity contribution is 5.80. The van der Waals surface area contributed by atoms with Crippen LogP contribution in [0.3, 0.4) is 0 Å². The van der Waals surface area contributed by atoms with E-state index in [9.17, 15) is 9.90 Å². The minimum absolute atomic E-state index is 0.00625. The number of hydrogen-bond donors (Lipinski definition) is 1. The molecule has 1 N–H and O–H groups in total. The molecule has 4 heteroatoms. The van der Waals surface area contributed by atoms with Gasteiger partial charge in [0.1, 0.15) is 0 Å². The molecule has 3 rings (SSSR count). The molecule has 1 aromatic heterocycles. The fraction of sp³-hybridized carbons (Fsp3) is 0.273. The number of hydrogen-bond acceptors (Lipinski definition) is 3. The summed E-state index contributed by atoms with van der Waals surface area (Å²) in [6.07, 6.45) is 2.04. The van der Waals surface area contributed by atoms with Crippen molar-refractivity contribution in [2.45, 2.75) is 12.5 Å². The Morgan fingerprint density at radius 3 is 3.20 bits per heavy atom. The standard InChI is InChI=1S/C11H10N2O2/c14-6-8-4-7-2-1-3-9-11(7)13(8)10(15)5-12-9/h1-3,5,8,14H,4,6H2/t8-/m0/s1. The van der Waals surface area contributed by atoms with Gasteiger partial charge in [-0.3, -0.25) is 9.36 Å². The fourth-order valence-electron chi connectivity index (χ4n) is 2.28. The van der Waals surface area contributed by atoms with Gasteiger partial charge in [0.2, 0.25) is 0 Å². The maximum absolute atomic E-state index is 11.7. The second-order valence-corrected chi connectivity index (χ2v) is 3.79. The molecule has 0 fully saturated rings. The molecular weight excluding hydrogens is 192 g/mol. The second-order valence-electron chi connectivity index (χ2n) is 3.79. The Balaban J connectivity index is 2.47. The van der Waals surface area contributed by atoms with Crippen molar-refractivity contribution < 1.29 is 5.11 Å². The molecule has 1 atom stereocenters. The van der Waals surface area contributed by atoms with Crippen molar-refractivity contribution >= 4 is 11.0 Å². The quantitative estimate of drug-likeness (QED) is 0.732. The summed E-state index contributed by atoms with van der Waals surface area (Å²) in [5.74, 6) is 0. The van der Waals surface area contributed by atoms with Gasteiger partial charge in [-0.15, -0.1) is 0 Å². The molecule has 1 aliphatic rings. The van der Waals surface area contributed by atoms with Gasteiger partial charge in [-0.25, -0.2) is 4.98 Å². The molecule has 0 unspecified atom stereocenters. The second kappa shape index (κ2) is 2.90. The lowest BCUT2D eigenvalue weighted by molar-refractivity contribution is 0.233. The first kappa shape index (κ1) is 8.61. The first-order valence-electron chi connectivity index (χ1n) is 4.91. The summed E-state index contributed by atoms with van der Waals surface area (Å²) in [4.78, 5) is 15.8. The van der Waals surface area contributed by atoms with Crippen LogP contribution in [0, 0.1) is 0 Å². The number of nitrogens with zero attached hydrogens (tertiary/aromatic N) is 2. The van der Waals surface area contributed by atoms with Crippen LogP contribution in [0.2, 0.25) is 0 Å². The highest BCUT2D eigenvalue weighted by atomic mass is 16.3. The Bertz CT molecular complexity index is 589.